The maximum atomic E-state index is 12.5. The van der Waals surface area contributed by atoms with E-state index in [1.54, 1.807) is 31.2 Å². The van der Waals surface area contributed by atoms with Gasteiger partial charge >= 0.3 is 0 Å². The Morgan fingerprint density at radius 1 is 1.00 bits per heavy atom. The quantitative estimate of drug-likeness (QED) is 0.567. The van der Waals surface area contributed by atoms with Gasteiger partial charge in [-0.15, -0.1) is 0 Å². The molecule has 1 atom stereocenters. The third kappa shape index (κ3) is 6.40. The lowest BCUT2D eigenvalue weighted by atomic mass is 9.86. The molecule has 1 aliphatic carbocycles. The fraction of sp³-hybridized carbons (Fsp3) is 0.417. The lowest BCUT2D eigenvalue weighted by Crippen LogP contribution is -2.44. The second-order valence-corrected chi connectivity index (χ2v) is 11.0. The molecule has 0 radical (unpaired) electrons. The van der Waals surface area contributed by atoms with Crippen LogP contribution in [0.1, 0.15) is 62.0 Å². The maximum Gasteiger partial charge on any atom is 0.251 e. The van der Waals surface area contributed by atoms with Crippen molar-refractivity contribution in [2.75, 3.05) is 0 Å². The Kier molecular flexibility index (Phi) is 7.05. The van der Waals surface area contributed by atoms with Gasteiger partial charge in [0.1, 0.15) is 6.04 Å². The number of nitrogens with one attached hydrogen (secondary N) is 3. The average Bonchev–Trinajstić information content (AvgIpc) is 3.55. The van der Waals surface area contributed by atoms with Crippen LogP contribution in [0.2, 0.25) is 0 Å². The Hall–Kier alpha value is -2.71. The van der Waals surface area contributed by atoms with E-state index in [0.29, 0.717) is 5.56 Å². The van der Waals surface area contributed by atoms with Crippen LogP contribution in [0.4, 0.5) is 0 Å². The van der Waals surface area contributed by atoms with Gasteiger partial charge in [-0.05, 0) is 60.6 Å². The largest absolute Gasteiger partial charge is 0.350 e. The summed E-state index contributed by atoms with van der Waals surface area (Å²) in [7, 11) is -3.49. The maximum absolute atomic E-state index is 12.5. The standard InChI is InChI=1S/C24H31N3O4S/c1-16(26-23(29)18-7-9-19(10-8-18)24(2,3)4)22(28)25-15-17-5-13-21(14-6-17)32(30,31)27-20-11-12-20/h5-10,13-14,16,20,27H,11-12,15H2,1-4H3,(H,25,28)(H,26,29). The summed E-state index contributed by atoms with van der Waals surface area (Å²) in [6.45, 7) is 8.16. The van der Waals surface area contributed by atoms with Crippen LogP contribution >= 0.6 is 0 Å². The van der Waals surface area contributed by atoms with Crippen molar-refractivity contribution >= 4 is 21.8 Å². The highest BCUT2D eigenvalue weighted by atomic mass is 32.2. The molecule has 1 fully saturated rings. The zero-order valence-electron chi connectivity index (χ0n) is 18.9. The van der Waals surface area contributed by atoms with Gasteiger partial charge in [0.15, 0.2) is 0 Å². The summed E-state index contributed by atoms with van der Waals surface area (Å²) in [6.07, 6.45) is 1.75. The SMILES string of the molecule is CC(NC(=O)c1ccc(C(C)(C)C)cc1)C(=O)NCc1ccc(S(=O)(=O)NC2CC2)cc1. The van der Waals surface area contributed by atoms with E-state index in [4.69, 9.17) is 0 Å². The first-order chi connectivity index (χ1) is 15.0. The van der Waals surface area contributed by atoms with Crippen molar-refractivity contribution in [3.05, 3.63) is 65.2 Å². The zero-order chi connectivity index (χ0) is 23.5. The monoisotopic (exact) mass is 457 g/mol. The zero-order valence-corrected chi connectivity index (χ0v) is 19.8. The molecule has 172 valence electrons. The molecule has 0 aliphatic heterocycles. The lowest BCUT2D eigenvalue weighted by Gasteiger charge is -2.19. The van der Waals surface area contributed by atoms with Gasteiger partial charge in [0.05, 0.1) is 4.90 Å². The normalized spacial score (nSPS) is 15.1. The molecule has 8 heteroatoms. The van der Waals surface area contributed by atoms with Gasteiger partial charge in [0, 0.05) is 18.2 Å². The van der Waals surface area contributed by atoms with Crippen LogP contribution in [-0.2, 0) is 26.8 Å². The molecular formula is C24H31N3O4S. The molecule has 1 aliphatic rings. The van der Waals surface area contributed by atoms with Gasteiger partial charge in [0.25, 0.3) is 5.91 Å². The summed E-state index contributed by atoms with van der Waals surface area (Å²) in [5.41, 5.74) is 2.38. The van der Waals surface area contributed by atoms with E-state index >= 15 is 0 Å². The minimum Gasteiger partial charge on any atom is -0.350 e. The lowest BCUT2D eigenvalue weighted by molar-refractivity contribution is -0.122. The van der Waals surface area contributed by atoms with Crippen LogP contribution in [0, 0.1) is 0 Å². The Morgan fingerprint density at radius 2 is 1.59 bits per heavy atom. The third-order valence-electron chi connectivity index (χ3n) is 5.35. The van der Waals surface area contributed by atoms with Gasteiger partial charge < -0.3 is 10.6 Å². The predicted molar refractivity (Wildman–Crippen MR) is 124 cm³/mol. The van der Waals surface area contributed by atoms with Crippen LogP contribution in [-0.4, -0.2) is 32.3 Å². The van der Waals surface area contributed by atoms with Gasteiger partial charge in [0.2, 0.25) is 15.9 Å². The number of benzene rings is 2. The highest BCUT2D eigenvalue weighted by Gasteiger charge is 2.27. The van der Waals surface area contributed by atoms with Crippen molar-refractivity contribution in [1.29, 1.82) is 0 Å². The Morgan fingerprint density at radius 3 is 2.12 bits per heavy atom. The minimum atomic E-state index is -3.49. The molecule has 7 nitrogen and oxygen atoms in total. The van der Waals surface area contributed by atoms with Crippen LogP contribution in [0.5, 0.6) is 0 Å². The molecule has 2 aromatic rings. The number of sulfonamides is 1. The predicted octanol–water partition coefficient (Wildman–Crippen LogP) is 2.86. The van der Waals surface area contributed by atoms with Crippen LogP contribution in [0.25, 0.3) is 0 Å². The number of hydrogen-bond acceptors (Lipinski definition) is 4. The highest BCUT2D eigenvalue weighted by molar-refractivity contribution is 7.89. The minimum absolute atomic E-state index is 0.00168. The van der Waals surface area contributed by atoms with Crippen LogP contribution in [0.15, 0.2) is 53.4 Å². The van der Waals surface area contributed by atoms with Gasteiger partial charge in [-0.25, -0.2) is 13.1 Å². The van der Waals surface area contributed by atoms with E-state index < -0.39 is 16.1 Å². The smallest absolute Gasteiger partial charge is 0.251 e. The molecule has 32 heavy (non-hydrogen) atoms. The summed E-state index contributed by atoms with van der Waals surface area (Å²) in [4.78, 5) is 25.1. The van der Waals surface area contributed by atoms with E-state index in [9.17, 15) is 18.0 Å². The third-order valence-corrected chi connectivity index (χ3v) is 6.89. The first-order valence-electron chi connectivity index (χ1n) is 10.8. The van der Waals surface area contributed by atoms with Crippen molar-refractivity contribution in [1.82, 2.24) is 15.4 Å². The van der Waals surface area contributed by atoms with Gasteiger partial charge in [-0.1, -0.05) is 45.0 Å². The Balaban J connectivity index is 1.50. The average molecular weight is 458 g/mol. The van der Waals surface area contributed by atoms with Crippen molar-refractivity contribution in [2.24, 2.45) is 0 Å². The molecule has 3 N–H and O–H groups in total. The molecule has 0 saturated heterocycles. The first-order valence-corrected chi connectivity index (χ1v) is 12.2. The second kappa shape index (κ2) is 9.42. The molecule has 1 saturated carbocycles. The summed E-state index contributed by atoms with van der Waals surface area (Å²) in [5, 5.41) is 5.47. The summed E-state index contributed by atoms with van der Waals surface area (Å²) in [6, 6.07) is 13.1. The molecule has 0 aromatic heterocycles. The van der Waals surface area contributed by atoms with Crippen molar-refractivity contribution in [3.63, 3.8) is 0 Å². The van der Waals surface area contributed by atoms with E-state index in [0.717, 1.165) is 24.0 Å². The molecule has 2 aromatic carbocycles. The van der Waals surface area contributed by atoms with Crippen LogP contribution in [0.3, 0.4) is 0 Å². The van der Waals surface area contributed by atoms with E-state index in [1.165, 1.54) is 12.1 Å². The van der Waals surface area contributed by atoms with Gasteiger partial charge in [-0.3, -0.25) is 9.59 Å². The number of carbonyl (C=O) groups is 2. The van der Waals surface area contributed by atoms with E-state index in [-0.39, 0.29) is 34.7 Å². The summed E-state index contributed by atoms with van der Waals surface area (Å²) >= 11 is 0. The number of hydrogen-bond donors (Lipinski definition) is 3. The molecule has 2 amide bonds. The molecular weight excluding hydrogens is 426 g/mol. The second-order valence-electron chi connectivity index (χ2n) is 9.28. The van der Waals surface area contributed by atoms with Gasteiger partial charge in [-0.2, -0.15) is 0 Å². The van der Waals surface area contributed by atoms with Crippen LogP contribution < -0.4 is 15.4 Å². The Labute approximate surface area is 190 Å². The fourth-order valence-electron chi connectivity index (χ4n) is 3.08. The molecule has 0 bridgehead atoms. The summed E-state index contributed by atoms with van der Waals surface area (Å²) in [5.74, 6) is -0.636. The van der Waals surface area contributed by atoms with Crippen molar-refractivity contribution in [3.8, 4) is 0 Å². The van der Waals surface area contributed by atoms with Crippen molar-refractivity contribution < 1.29 is 18.0 Å². The molecule has 0 spiro atoms. The molecule has 0 heterocycles. The highest BCUT2D eigenvalue weighted by Crippen LogP contribution is 2.23. The first kappa shape index (κ1) is 23.9. The topological polar surface area (TPSA) is 104 Å². The molecule has 1 unspecified atom stereocenters. The number of rotatable bonds is 8. The molecule has 3 rings (SSSR count). The number of amides is 2. The number of carbonyl (C=O) groups excluding carboxylic acids is 2. The fourth-order valence-corrected chi connectivity index (χ4v) is 4.39. The summed E-state index contributed by atoms with van der Waals surface area (Å²) < 4.78 is 27.1. The van der Waals surface area contributed by atoms with Crippen molar-refractivity contribution in [2.45, 2.75) is 69.5 Å². The van der Waals surface area contributed by atoms with E-state index in [1.807, 2.05) is 12.1 Å². The van der Waals surface area contributed by atoms with E-state index in [2.05, 4.69) is 36.1 Å². The Bertz CT molecular complexity index is 1070.